The molecule has 17 heavy (non-hydrogen) atoms. The van der Waals surface area contributed by atoms with E-state index in [-0.39, 0.29) is 13.0 Å². The Hall–Kier alpha value is -1.26. The van der Waals surface area contributed by atoms with E-state index in [2.05, 4.69) is 10.0 Å². The molecule has 0 aliphatic heterocycles. The van der Waals surface area contributed by atoms with Gasteiger partial charge in [-0.05, 0) is 30.5 Å². The Morgan fingerprint density at radius 2 is 2.18 bits per heavy atom. The molecule has 0 heterocycles. The number of azide groups is 1. The van der Waals surface area contributed by atoms with Crippen molar-refractivity contribution in [3.8, 4) is 0 Å². The van der Waals surface area contributed by atoms with Gasteiger partial charge in [0, 0.05) is 22.0 Å². The van der Waals surface area contributed by atoms with E-state index >= 15 is 0 Å². The van der Waals surface area contributed by atoms with Crippen LogP contribution in [0.1, 0.15) is 23.7 Å². The van der Waals surface area contributed by atoms with Crippen LogP contribution in [-0.4, -0.2) is 22.9 Å². The van der Waals surface area contributed by atoms with E-state index in [0.717, 1.165) is 5.56 Å². The number of aliphatic hydroxyl groups is 2. The largest absolute Gasteiger partial charge is 0.390 e. The Morgan fingerprint density at radius 1 is 1.47 bits per heavy atom. The van der Waals surface area contributed by atoms with Crippen LogP contribution in [0.25, 0.3) is 10.4 Å². The molecule has 0 aromatic heterocycles. The van der Waals surface area contributed by atoms with Crippen LogP contribution in [0, 0.1) is 6.92 Å². The number of nitrogens with zero attached hydrogens (tertiary/aromatic N) is 3. The third-order valence-electron chi connectivity index (χ3n) is 2.52. The van der Waals surface area contributed by atoms with Crippen LogP contribution in [-0.2, 0) is 0 Å². The van der Waals surface area contributed by atoms with Gasteiger partial charge in [0.1, 0.15) is 6.10 Å². The number of rotatable bonds is 5. The molecule has 2 atom stereocenters. The quantitative estimate of drug-likeness (QED) is 0.481. The predicted octanol–water partition coefficient (Wildman–Crippen LogP) is 2.74. The van der Waals surface area contributed by atoms with Crippen molar-refractivity contribution in [3.63, 3.8) is 0 Å². The van der Waals surface area contributed by atoms with Gasteiger partial charge in [0.25, 0.3) is 0 Å². The lowest BCUT2D eigenvalue weighted by Crippen LogP contribution is -2.20. The van der Waals surface area contributed by atoms with Gasteiger partial charge in [-0.1, -0.05) is 28.8 Å². The molecule has 0 amide bonds. The van der Waals surface area contributed by atoms with Crippen molar-refractivity contribution in [2.24, 2.45) is 5.11 Å². The molecular weight excluding hydrogens is 242 g/mol. The zero-order chi connectivity index (χ0) is 12.8. The molecule has 1 rings (SSSR count). The highest BCUT2D eigenvalue weighted by Gasteiger charge is 2.21. The third-order valence-corrected chi connectivity index (χ3v) is 2.85. The molecule has 0 aliphatic carbocycles. The Labute approximate surface area is 104 Å². The molecule has 0 saturated carbocycles. The second-order valence-corrected chi connectivity index (χ2v) is 4.13. The third kappa shape index (κ3) is 3.61. The van der Waals surface area contributed by atoms with Crippen LogP contribution >= 0.6 is 11.6 Å². The maximum absolute atomic E-state index is 9.98. The average molecular weight is 256 g/mol. The minimum Gasteiger partial charge on any atom is -0.390 e. The molecule has 1 aromatic rings. The number of benzene rings is 1. The molecule has 0 bridgehead atoms. The Balaban J connectivity index is 2.81. The minimum absolute atomic E-state index is 0.137. The summed E-state index contributed by atoms with van der Waals surface area (Å²) in [5.41, 5.74) is 9.45. The van der Waals surface area contributed by atoms with Crippen molar-refractivity contribution in [2.75, 3.05) is 6.54 Å². The van der Waals surface area contributed by atoms with Crippen LogP contribution < -0.4 is 0 Å². The van der Waals surface area contributed by atoms with E-state index < -0.39 is 12.2 Å². The lowest BCUT2D eigenvalue weighted by molar-refractivity contribution is 0.0147. The number of hydrogen-bond donors (Lipinski definition) is 2. The first kappa shape index (κ1) is 13.8. The van der Waals surface area contributed by atoms with Gasteiger partial charge in [0.05, 0.1) is 6.10 Å². The summed E-state index contributed by atoms with van der Waals surface area (Å²) < 4.78 is 0. The maximum atomic E-state index is 9.98. The molecule has 0 saturated heterocycles. The maximum Gasteiger partial charge on any atom is 0.107 e. The predicted molar refractivity (Wildman–Crippen MR) is 65.8 cm³/mol. The molecule has 0 radical (unpaired) electrons. The Morgan fingerprint density at radius 3 is 2.76 bits per heavy atom. The summed E-state index contributed by atoms with van der Waals surface area (Å²) in [5.74, 6) is 0. The van der Waals surface area contributed by atoms with E-state index in [9.17, 15) is 10.2 Å². The van der Waals surface area contributed by atoms with Crippen molar-refractivity contribution >= 4 is 11.6 Å². The molecule has 5 nitrogen and oxygen atoms in total. The van der Waals surface area contributed by atoms with Gasteiger partial charge >= 0.3 is 0 Å². The van der Waals surface area contributed by atoms with E-state index in [4.69, 9.17) is 17.1 Å². The van der Waals surface area contributed by atoms with Gasteiger partial charge in [-0.2, -0.15) is 0 Å². The van der Waals surface area contributed by atoms with Crippen LogP contribution in [0.5, 0.6) is 0 Å². The first-order valence-corrected chi connectivity index (χ1v) is 5.57. The molecule has 0 aliphatic rings. The zero-order valence-corrected chi connectivity index (χ0v) is 10.2. The summed E-state index contributed by atoms with van der Waals surface area (Å²) >= 11 is 5.98. The number of aryl methyl sites for hydroxylation is 1. The lowest BCUT2D eigenvalue weighted by atomic mass is 9.98. The highest BCUT2D eigenvalue weighted by atomic mass is 35.5. The van der Waals surface area contributed by atoms with Crippen molar-refractivity contribution in [1.29, 1.82) is 0 Å². The fourth-order valence-electron chi connectivity index (χ4n) is 1.60. The Kier molecular flexibility index (Phi) is 5.25. The van der Waals surface area contributed by atoms with Gasteiger partial charge in [-0.3, -0.25) is 0 Å². The lowest BCUT2D eigenvalue weighted by Gasteiger charge is -2.20. The van der Waals surface area contributed by atoms with Crippen LogP contribution in [0.4, 0.5) is 0 Å². The van der Waals surface area contributed by atoms with Crippen LogP contribution in [0.2, 0.25) is 5.02 Å². The molecule has 2 unspecified atom stereocenters. The van der Waals surface area contributed by atoms with E-state index in [1.807, 2.05) is 13.0 Å². The van der Waals surface area contributed by atoms with Gasteiger partial charge in [-0.25, -0.2) is 0 Å². The molecule has 1 aromatic carbocycles. The van der Waals surface area contributed by atoms with Gasteiger partial charge in [0.2, 0.25) is 0 Å². The molecule has 0 spiro atoms. The standard InChI is InChI=1S/C11H14ClN3O2/c1-7-3-2-4-8(12)10(7)11(17)9(16)5-6-14-15-13/h2-4,9,11,16-17H,5-6H2,1H3. The molecule has 92 valence electrons. The Bertz CT molecular complexity index is 412. The monoisotopic (exact) mass is 255 g/mol. The fourth-order valence-corrected chi connectivity index (χ4v) is 1.94. The van der Waals surface area contributed by atoms with Gasteiger partial charge in [-0.15, -0.1) is 0 Å². The van der Waals surface area contributed by atoms with Gasteiger partial charge < -0.3 is 10.2 Å². The summed E-state index contributed by atoms with van der Waals surface area (Å²) in [5, 5.41) is 23.5. The number of aliphatic hydroxyl groups excluding tert-OH is 2. The van der Waals surface area contributed by atoms with Crippen molar-refractivity contribution in [1.82, 2.24) is 0 Å². The highest BCUT2D eigenvalue weighted by Crippen LogP contribution is 2.29. The minimum atomic E-state index is -1.07. The highest BCUT2D eigenvalue weighted by molar-refractivity contribution is 6.31. The smallest absolute Gasteiger partial charge is 0.107 e. The average Bonchev–Trinajstić information content (AvgIpc) is 2.28. The van der Waals surface area contributed by atoms with Crippen LogP contribution in [0.3, 0.4) is 0 Å². The zero-order valence-electron chi connectivity index (χ0n) is 9.41. The second-order valence-electron chi connectivity index (χ2n) is 3.73. The SMILES string of the molecule is Cc1cccc(Cl)c1C(O)C(O)CCN=[N+]=[N-]. The summed E-state index contributed by atoms with van der Waals surface area (Å²) in [6.45, 7) is 1.95. The van der Waals surface area contributed by atoms with E-state index in [1.54, 1.807) is 12.1 Å². The van der Waals surface area contributed by atoms with Crippen LogP contribution in [0.15, 0.2) is 23.3 Å². The topological polar surface area (TPSA) is 89.2 Å². The van der Waals surface area contributed by atoms with Crippen molar-refractivity contribution in [2.45, 2.75) is 25.6 Å². The van der Waals surface area contributed by atoms with Crippen molar-refractivity contribution < 1.29 is 10.2 Å². The summed E-state index contributed by atoms with van der Waals surface area (Å²) in [7, 11) is 0. The van der Waals surface area contributed by atoms with E-state index in [1.165, 1.54) is 0 Å². The summed E-state index contributed by atoms with van der Waals surface area (Å²) in [4.78, 5) is 2.58. The van der Waals surface area contributed by atoms with E-state index in [0.29, 0.717) is 10.6 Å². The summed E-state index contributed by atoms with van der Waals surface area (Å²) in [6, 6.07) is 5.25. The summed E-state index contributed by atoms with van der Waals surface area (Å²) in [6.07, 6.45) is -1.88. The van der Waals surface area contributed by atoms with Gasteiger partial charge in [0.15, 0.2) is 0 Å². The van der Waals surface area contributed by atoms with Crippen molar-refractivity contribution in [3.05, 3.63) is 44.8 Å². The first-order chi connectivity index (χ1) is 8.07. The molecule has 2 N–H and O–H groups in total. The number of hydrogen-bond acceptors (Lipinski definition) is 3. The molecule has 6 heteroatoms. The molecular formula is C11H14ClN3O2. The fraction of sp³-hybridized carbons (Fsp3) is 0.455. The normalized spacial score (nSPS) is 13.9. The first-order valence-electron chi connectivity index (χ1n) is 5.20. The molecule has 0 fully saturated rings. The second kappa shape index (κ2) is 6.47. The number of halogens is 1.